The highest BCUT2D eigenvalue weighted by molar-refractivity contribution is 5.79. The number of ether oxygens (including phenoxy) is 3. The van der Waals surface area contributed by atoms with Crippen LogP contribution in [0.4, 0.5) is 0 Å². The lowest BCUT2D eigenvalue weighted by molar-refractivity contribution is -0.149. The monoisotopic (exact) mass is 427 g/mol. The Hall–Kier alpha value is -3.78. The number of hydrogen-bond acceptors (Lipinski definition) is 5. The Morgan fingerprint density at radius 2 is 1.62 bits per heavy atom. The van der Waals surface area contributed by atoms with E-state index in [1.807, 2.05) is 75.4 Å². The molecule has 5 nitrogen and oxygen atoms in total. The topological polar surface area (TPSA) is 68.5 Å². The molecule has 0 amide bonds. The largest absolute Gasteiger partial charge is 0.489 e. The molecule has 162 valence electrons. The molecule has 0 aliphatic heterocycles. The highest BCUT2D eigenvalue weighted by Crippen LogP contribution is 2.55. The smallest absolute Gasteiger partial charge is 0.315 e. The number of esters is 1. The molecule has 3 aromatic rings. The molecule has 0 bridgehead atoms. The van der Waals surface area contributed by atoms with E-state index in [0.717, 1.165) is 5.56 Å². The summed E-state index contributed by atoms with van der Waals surface area (Å²) in [6.45, 7) is 5.94. The molecule has 1 aliphatic carbocycles. The van der Waals surface area contributed by atoms with E-state index in [1.165, 1.54) is 0 Å². The normalized spacial score (nSPS) is 19.3. The minimum atomic E-state index is -1.03. The number of benzene rings is 3. The first-order chi connectivity index (χ1) is 15.4. The van der Waals surface area contributed by atoms with Crippen LogP contribution in [0.2, 0.25) is 0 Å². The van der Waals surface area contributed by atoms with Gasteiger partial charge in [0.25, 0.3) is 0 Å². The van der Waals surface area contributed by atoms with Crippen molar-refractivity contribution in [2.45, 2.75) is 33.0 Å². The van der Waals surface area contributed by atoms with Crippen molar-refractivity contribution in [2.24, 2.45) is 11.3 Å². The number of para-hydroxylation sites is 1. The SMILES string of the molecule is Cc1ccc(OC2C(C(=O)OC(C#N)c3cccc(Oc4ccccc4)c3)C2(C)C)cc1. The summed E-state index contributed by atoms with van der Waals surface area (Å²) < 4.78 is 17.5. The van der Waals surface area contributed by atoms with Gasteiger partial charge in [0.15, 0.2) is 0 Å². The maximum Gasteiger partial charge on any atom is 0.315 e. The summed E-state index contributed by atoms with van der Waals surface area (Å²) in [6, 6.07) is 26.2. The van der Waals surface area contributed by atoms with Crippen LogP contribution in [0.5, 0.6) is 17.2 Å². The van der Waals surface area contributed by atoms with Crippen LogP contribution >= 0.6 is 0 Å². The average Bonchev–Trinajstić information content (AvgIpc) is 3.34. The second kappa shape index (κ2) is 8.76. The van der Waals surface area contributed by atoms with Crippen molar-refractivity contribution < 1.29 is 19.0 Å². The third-order valence-corrected chi connectivity index (χ3v) is 5.76. The van der Waals surface area contributed by atoms with Gasteiger partial charge in [0.2, 0.25) is 6.10 Å². The zero-order valence-electron chi connectivity index (χ0n) is 18.3. The Balaban J connectivity index is 1.43. The molecule has 1 saturated carbocycles. The maximum atomic E-state index is 12.9. The predicted octanol–water partition coefficient (Wildman–Crippen LogP) is 6.00. The lowest BCUT2D eigenvalue weighted by Gasteiger charge is -2.13. The molecular formula is C27H25NO4. The lowest BCUT2D eigenvalue weighted by Crippen LogP contribution is -2.16. The predicted molar refractivity (Wildman–Crippen MR) is 120 cm³/mol. The van der Waals surface area contributed by atoms with Crippen LogP contribution in [0.25, 0.3) is 0 Å². The third kappa shape index (κ3) is 4.60. The molecule has 5 heteroatoms. The molecular weight excluding hydrogens is 402 g/mol. The van der Waals surface area contributed by atoms with Gasteiger partial charge in [0, 0.05) is 11.0 Å². The van der Waals surface area contributed by atoms with Gasteiger partial charge >= 0.3 is 5.97 Å². The van der Waals surface area contributed by atoms with Gasteiger partial charge < -0.3 is 14.2 Å². The minimum Gasteiger partial charge on any atom is -0.489 e. The lowest BCUT2D eigenvalue weighted by atomic mass is 10.1. The summed E-state index contributed by atoms with van der Waals surface area (Å²) in [5.41, 5.74) is 1.32. The second-order valence-corrected chi connectivity index (χ2v) is 8.58. The number of nitriles is 1. The van der Waals surface area contributed by atoms with Crippen LogP contribution in [0, 0.1) is 29.6 Å². The van der Waals surface area contributed by atoms with Crippen LogP contribution in [0.15, 0.2) is 78.9 Å². The number of hydrogen-bond donors (Lipinski definition) is 0. The van der Waals surface area contributed by atoms with Gasteiger partial charge in [0.05, 0.1) is 0 Å². The molecule has 3 unspecified atom stereocenters. The number of carbonyl (C=O) groups excluding carboxylic acids is 1. The fourth-order valence-corrected chi connectivity index (χ4v) is 3.73. The van der Waals surface area contributed by atoms with Gasteiger partial charge in [-0.1, -0.05) is 61.9 Å². The molecule has 0 spiro atoms. The zero-order chi connectivity index (χ0) is 22.7. The first-order valence-corrected chi connectivity index (χ1v) is 10.5. The highest BCUT2D eigenvalue weighted by atomic mass is 16.6. The van der Waals surface area contributed by atoms with E-state index in [0.29, 0.717) is 22.8 Å². The number of carbonyl (C=O) groups is 1. The molecule has 0 saturated heterocycles. The molecule has 3 aromatic carbocycles. The maximum absolute atomic E-state index is 12.9. The number of rotatable bonds is 7. The summed E-state index contributed by atoms with van der Waals surface area (Å²) in [5, 5.41) is 9.67. The Labute approximate surface area is 188 Å². The molecule has 32 heavy (non-hydrogen) atoms. The van der Waals surface area contributed by atoms with Crippen molar-refractivity contribution in [3.05, 3.63) is 90.0 Å². The van der Waals surface area contributed by atoms with Crippen molar-refractivity contribution in [1.82, 2.24) is 0 Å². The van der Waals surface area contributed by atoms with Crippen LogP contribution in [-0.2, 0) is 9.53 Å². The van der Waals surface area contributed by atoms with Gasteiger partial charge in [0.1, 0.15) is 35.3 Å². The Kier molecular flexibility index (Phi) is 5.87. The Bertz CT molecular complexity index is 1130. The van der Waals surface area contributed by atoms with E-state index >= 15 is 0 Å². The van der Waals surface area contributed by atoms with Crippen LogP contribution < -0.4 is 9.47 Å². The van der Waals surface area contributed by atoms with Crippen molar-refractivity contribution in [3.63, 3.8) is 0 Å². The minimum absolute atomic E-state index is 0.301. The van der Waals surface area contributed by atoms with Crippen molar-refractivity contribution in [2.75, 3.05) is 0 Å². The van der Waals surface area contributed by atoms with Crippen molar-refractivity contribution in [3.8, 4) is 23.3 Å². The van der Waals surface area contributed by atoms with E-state index in [2.05, 4.69) is 6.07 Å². The molecule has 4 rings (SSSR count). The van der Waals surface area contributed by atoms with E-state index in [1.54, 1.807) is 24.3 Å². The van der Waals surface area contributed by atoms with Crippen molar-refractivity contribution >= 4 is 5.97 Å². The first-order valence-electron chi connectivity index (χ1n) is 10.5. The highest BCUT2D eigenvalue weighted by Gasteiger charge is 2.65. The summed E-state index contributed by atoms with van der Waals surface area (Å²) in [7, 11) is 0. The summed E-state index contributed by atoms with van der Waals surface area (Å²) in [4.78, 5) is 12.9. The number of aryl methyl sites for hydroxylation is 1. The first kappa shape index (κ1) is 21.5. The summed E-state index contributed by atoms with van der Waals surface area (Å²) >= 11 is 0. The molecule has 0 aromatic heterocycles. The molecule has 1 aliphatic rings. The van der Waals surface area contributed by atoms with E-state index < -0.39 is 18.0 Å². The molecule has 0 radical (unpaired) electrons. The molecule has 0 heterocycles. The number of nitrogens with zero attached hydrogens (tertiary/aromatic N) is 1. The zero-order valence-corrected chi connectivity index (χ0v) is 18.3. The van der Waals surface area contributed by atoms with Gasteiger partial charge in [-0.05, 0) is 43.3 Å². The second-order valence-electron chi connectivity index (χ2n) is 8.58. The Morgan fingerprint density at radius 3 is 2.31 bits per heavy atom. The van der Waals surface area contributed by atoms with Crippen LogP contribution in [0.3, 0.4) is 0 Å². The standard InChI is InChI=1S/C27H25NO4/c1-18-12-14-21(15-13-18)31-25-24(27(25,2)3)26(29)32-23(17-28)19-8-7-11-22(16-19)30-20-9-5-4-6-10-20/h4-16,23-25H,1-3H3. The van der Waals surface area contributed by atoms with Gasteiger partial charge in [-0.15, -0.1) is 0 Å². The quantitative estimate of drug-likeness (QED) is 0.433. The fraction of sp³-hybridized carbons (Fsp3) is 0.259. The average molecular weight is 428 g/mol. The van der Waals surface area contributed by atoms with E-state index in [9.17, 15) is 10.1 Å². The van der Waals surface area contributed by atoms with Gasteiger partial charge in [-0.3, -0.25) is 4.79 Å². The molecule has 3 atom stereocenters. The van der Waals surface area contributed by atoms with Gasteiger partial charge in [-0.25, -0.2) is 0 Å². The van der Waals surface area contributed by atoms with Crippen molar-refractivity contribution in [1.29, 1.82) is 5.26 Å². The third-order valence-electron chi connectivity index (χ3n) is 5.76. The van der Waals surface area contributed by atoms with E-state index in [4.69, 9.17) is 14.2 Å². The van der Waals surface area contributed by atoms with E-state index in [-0.39, 0.29) is 11.5 Å². The summed E-state index contributed by atoms with van der Waals surface area (Å²) in [6.07, 6.45) is -1.33. The fourth-order valence-electron chi connectivity index (χ4n) is 3.73. The Morgan fingerprint density at radius 1 is 0.938 bits per heavy atom. The van der Waals surface area contributed by atoms with Crippen LogP contribution in [0.1, 0.15) is 31.1 Å². The molecule has 1 fully saturated rings. The summed E-state index contributed by atoms with van der Waals surface area (Å²) in [5.74, 6) is 1.09. The molecule has 0 N–H and O–H groups in total. The van der Waals surface area contributed by atoms with Crippen LogP contribution in [-0.4, -0.2) is 12.1 Å². The van der Waals surface area contributed by atoms with Gasteiger partial charge in [-0.2, -0.15) is 5.26 Å².